The van der Waals surface area contributed by atoms with E-state index in [1.165, 1.54) is 0 Å². The maximum atomic E-state index is 12.9. The molecule has 1 atom stereocenters. The summed E-state index contributed by atoms with van der Waals surface area (Å²) < 4.78 is 0. The van der Waals surface area contributed by atoms with Crippen molar-refractivity contribution in [2.24, 2.45) is 11.8 Å². The number of rotatable bonds is 6. The van der Waals surface area contributed by atoms with Crippen molar-refractivity contribution in [3.63, 3.8) is 0 Å². The molecule has 6 nitrogen and oxygen atoms in total. The summed E-state index contributed by atoms with van der Waals surface area (Å²) in [6.07, 6.45) is 7.31. The SMILES string of the molecule is CC(C)CC(=O)[C@H]1CCCN(C(=O)c2ccc(NC3CCC(O)CC3)nc2)C1. The Morgan fingerprint density at radius 1 is 1.21 bits per heavy atom. The molecule has 0 unspecified atom stereocenters. The van der Waals surface area contributed by atoms with Crippen molar-refractivity contribution < 1.29 is 14.7 Å². The van der Waals surface area contributed by atoms with Crippen LogP contribution >= 0.6 is 0 Å². The fourth-order valence-electron chi connectivity index (χ4n) is 4.21. The summed E-state index contributed by atoms with van der Waals surface area (Å²) in [5, 5.41) is 13.0. The first-order chi connectivity index (χ1) is 13.4. The Kier molecular flexibility index (Phi) is 7.05. The molecule has 2 fully saturated rings. The molecule has 1 aliphatic carbocycles. The molecule has 1 aromatic heterocycles. The monoisotopic (exact) mass is 387 g/mol. The summed E-state index contributed by atoms with van der Waals surface area (Å²) in [4.78, 5) is 31.5. The second-order valence-electron chi connectivity index (χ2n) is 8.74. The number of amides is 1. The maximum Gasteiger partial charge on any atom is 0.255 e. The average Bonchev–Trinajstić information content (AvgIpc) is 2.69. The molecule has 3 rings (SSSR count). The molecule has 1 saturated carbocycles. The molecule has 0 aromatic carbocycles. The highest BCUT2D eigenvalue weighted by Gasteiger charge is 2.29. The van der Waals surface area contributed by atoms with Crippen LogP contribution in [0.4, 0.5) is 5.82 Å². The molecule has 2 N–H and O–H groups in total. The molecular formula is C22H33N3O3. The summed E-state index contributed by atoms with van der Waals surface area (Å²) in [5.74, 6) is 1.33. The van der Waals surface area contributed by atoms with Crippen LogP contribution in [0.25, 0.3) is 0 Å². The number of anilines is 1. The Labute approximate surface area is 167 Å². The van der Waals surface area contributed by atoms with Gasteiger partial charge >= 0.3 is 0 Å². The highest BCUT2D eigenvalue weighted by Crippen LogP contribution is 2.23. The van der Waals surface area contributed by atoms with Crippen LogP contribution in [0.3, 0.4) is 0 Å². The molecule has 0 spiro atoms. The van der Waals surface area contributed by atoms with Gasteiger partial charge in [0.2, 0.25) is 0 Å². The predicted octanol–water partition coefficient (Wildman–Crippen LogP) is 3.26. The largest absolute Gasteiger partial charge is 0.393 e. The minimum absolute atomic E-state index is 0.0318. The van der Waals surface area contributed by atoms with E-state index in [2.05, 4.69) is 24.1 Å². The van der Waals surface area contributed by atoms with E-state index in [0.717, 1.165) is 44.3 Å². The van der Waals surface area contributed by atoms with Crippen molar-refractivity contribution in [3.05, 3.63) is 23.9 Å². The Morgan fingerprint density at radius 3 is 2.61 bits per heavy atom. The van der Waals surface area contributed by atoms with Crippen LogP contribution in [0.5, 0.6) is 0 Å². The standard InChI is InChI=1S/C22H33N3O3/c1-15(2)12-20(27)17-4-3-11-25(14-17)22(28)16-5-10-21(23-13-16)24-18-6-8-19(26)9-7-18/h5,10,13,15,17-19,26H,3-4,6-9,11-12,14H2,1-2H3,(H,23,24)/t17-,18?,19?/m0/s1. The zero-order valence-corrected chi connectivity index (χ0v) is 17.1. The molecule has 1 amide bonds. The lowest BCUT2D eigenvalue weighted by atomic mass is 9.89. The summed E-state index contributed by atoms with van der Waals surface area (Å²) in [5.41, 5.74) is 0.571. The van der Waals surface area contributed by atoms with Crippen molar-refractivity contribution in [2.45, 2.75) is 70.9 Å². The van der Waals surface area contributed by atoms with E-state index >= 15 is 0 Å². The lowest BCUT2D eigenvalue weighted by molar-refractivity contribution is -0.124. The van der Waals surface area contributed by atoms with Gasteiger partial charge in [-0.3, -0.25) is 9.59 Å². The third-order valence-corrected chi connectivity index (χ3v) is 5.83. The van der Waals surface area contributed by atoms with Gasteiger partial charge in [-0.25, -0.2) is 4.98 Å². The Bertz CT molecular complexity index is 666. The van der Waals surface area contributed by atoms with Gasteiger partial charge < -0.3 is 15.3 Å². The third-order valence-electron chi connectivity index (χ3n) is 5.83. The zero-order valence-electron chi connectivity index (χ0n) is 17.1. The van der Waals surface area contributed by atoms with Crippen molar-refractivity contribution in [2.75, 3.05) is 18.4 Å². The summed E-state index contributed by atoms with van der Waals surface area (Å²) >= 11 is 0. The van der Waals surface area contributed by atoms with E-state index in [9.17, 15) is 14.7 Å². The fraction of sp³-hybridized carbons (Fsp3) is 0.682. The lowest BCUT2D eigenvalue weighted by Crippen LogP contribution is -2.42. The van der Waals surface area contributed by atoms with Gasteiger partial charge in [0.25, 0.3) is 5.91 Å². The molecule has 28 heavy (non-hydrogen) atoms. The zero-order chi connectivity index (χ0) is 20.1. The van der Waals surface area contributed by atoms with Crippen LogP contribution < -0.4 is 5.32 Å². The highest BCUT2D eigenvalue weighted by atomic mass is 16.3. The first-order valence-corrected chi connectivity index (χ1v) is 10.6. The smallest absolute Gasteiger partial charge is 0.255 e. The number of hydrogen-bond acceptors (Lipinski definition) is 5. The van der Waals surface area contributed by atoms with E-state index in [-0.39, 0.29) is 23.7 Å². The molecule has 0 bridgehead atoms. The Hall–Kier alpha value is -1.95. The normalized spacial score (nSPS) is 25.6. The minimum Gasteiger partial charge on any atom is -0.393 e. The number of Topliss-reactive ketones (excluding diaryl/α,β-unsaturated/α-hetero) is 1. The molecule has 2 heterocycles. The second-order valence-corrected chi connectivity index (χ2v) is 8.74. The number of piperidine rings is 1. The quantitative estimate of drug-likeness (QED) is 0.783. The van der Waals surface area contributed by atoms with Crippen LogP contribution in [-0.2, 0) is 4.79 Å². The number of aliphatic hydroxyl groups is 1. The van der Waals surface area contributed by atoms with Crippen molar-refractivity contribution >= 4 is 17.5 Å². The van der Waals surface area contributed by atoms with Gasteiger partial charge in [0.15, 0.2) is 0 Å². The van der Waals surface area contributed by atoms with Crippen molar-refractivity contribution in [3.8, 4) is 0 Å². The topological polar surface area (TPSA) is 82.5 Å². The van der Waals surface area contributed by atoms with Crippen LogP contribution in [0.1, 0.15) is 69.2 Å². The Balaban J connectivity index is 1.55. The number of carbonyl (C=O) groups excluding carboxylic acids is 2. The van der Waals surface area contributed by atoms with Crippen molar-refractivity contribution in [1.29, 1.82) is 0 Å². The van der Waals surface area contributed by atoms with Gasteiger partial charge in [-0.2, -0.15) is 0 Å². The van der Waals surface area contributed by atoms with Crippen LogP contribution in [0.2, 0.25) is 0 Å². The van der Waals surface area contributed by atoms with Gasteiger partial charge in [-0.15, -0.1) is 0 Å². The van der Waals surface area contributed by atoms with Gasteiger partial charge in [0.1, 0.15) is 11.6 Å². The summed E-state index contributed by atoms with van der Waals surface area (Å²) in [6, 6.07) is 3.99. The van der Waals surface area contributed by atoms with E-state index < -0.39 is 0 Å². The number of likely N-dealkylation sites (tertiary alicyclic amines) is 1. The van der Waals surface area contributed by atoms with Gasteiger partial charge in [-0.05, 0) is 56.6 Å². The van der Waals surface area contributed by atoms with E-state index in [0.29, 0.717) is 37.0 Å². The predicted molar refractivity (Wildman–Crippen MR) is 109 cm³/mol. The molecule has 2 aliphatic rings. The first kappa shape index (κ1) is 20.8. The lowest BCUT2D eigenvalue weighted by Gasteiger charge is -2.32. The van der Waals surface area contributed by atoms with E-state index in [4.69, 9.17) is 0 Å². The van der Waals surface area contributed by atoms with Gasteiger partial charge in [0.05, 0.1) is 11.7 Å². The number of carbonyl (C=O) groups is 2. The number of pyridine rings is 1. The average molecular weight is 388 g/mol. The van der Waals surface area contributed by atoms with Crippen LogP contribution in [0.15, 0.2) is 18.3 Å². The molecule has 1 saturated heterocycles. The third kappa shape index (κ3) is 5.53. The number of nitrogens with one attached hydrogen (secondary N) is 1. The maximum absolute atomic E-state index is 12.9. The summed E-state index contributed by atoms with van der Waals surface area (Å²) in [6.45, 7) is 5.34. The molecule has 6 heteroatoms. The Morgan fingerprint density at radius 2 is 1.96 bits per heavy atom. The van der Waals surface area contributed by atoms with Crippen molar-refractivity contribution in [1.82, 2.24) is 9.88 Å². The number of hydrogen-bond donors (Lipinski definition) is 2. The molecule has 1 aliphatic heterocycles. The number of aromatic nitrogens is 1. The van der Waals surface area contributed by atoms with Gasteiger partial charge in [0, 0.05) is 37.7 Å². The number of nitrogens with zero attached hydrogens (tertiary/aromatic N) is 2. The molecular weight excluding hydrogens is 354 g/mol. The fourth-order valence-corrected chi connectivity index (χ4v) is 4.21. The van der Waals surface area contributed by atoms with E-state index in [1.807, 2.05) is 12.1 Å². The van der Waals surface area contributed by atoms with Crippen LogP contribution in [-0.4, -0.2) is 51.9 Å². The van der Waals surface area contributed by atoms with Crippen LogP contribution in [0, 0.1) is 11.8 Å². The van der Waals surface area contributed by atoms with E-state index in [1.54, 1.807) is 11.1 Å². The second kappa shape index (κ2) is 9.50. The molecule has 154 valence electrons. The summed E-state index contributed by atoms with van der Waals surface area (Å²) in [7, 11) is 0. The van der Waals surface area contributed by atoms with Gasteiger partial charge in [-0.1, -0.05) is 13.8 Å². The first-order valence-electron chi connectivity index (χ1n) is 10.6. The number of aliphatic hydroxyl groups excluding tert-OH is 1. The number of ketones is 1. The minimum atomic E-state index is -0.174. The highest BCUT2D eigenvalue weighted by molar-refractivity contribution is 5.94. The molecule has 1 aromatic rings. The molecule has 0 radical (unpaired) electrons.